The van der Waals surface area contributed by atoms with Crippen LogP contribution in [0.4, 0.5) is 13.2 Å². The molecule has 0 unspecified atom stereocenters. The largest absolute Gasteiger partial charge is 0.493 e. The average molecular weight is 248 g/mol. The van der Waals surface area contributed by atoms with E-state index < -0.39 is 17.8 Å². The van der Waals surface area contributed by atoms with Crippen LogP contribution in [0.25, 0.3) is 6.08 Å². The van der Waals surface area contributed by atoms with E-state index in [0.717, 1.165) is 0 Å². The topological polar surface area (TPSA) is 64.1 Å². The van der Waals surface area contributed by atoms with E-state index in [-0.39, 0.29) is 5.69 Å². The van der Waals surface area contributed by atoms with Crippen LogP contribution in [0.5, 0.6) is 0 Å². The number of aromatic nitrogens is 2. The number of nitrogens with zero attached hydrogens (tertiary/aromatic N) is 1. The maximum Gasteiger partial charge on any atom is 0.493 e. The highest BCUT2D eigenvalue weighted by molar-refractivity contribution is 5.76. The Bertz CT molecular complexity index is 539. The molecule has 0 saturated heterocycles. The van der Waals surface area contributed by atoms with Crippen molar-refractivity contribution in [1.29, 1.82) is 0 Å². The highest BCUT2D eigenvalue weighted by Crippen LogP contribution is 2.18. The van der Waals surface area contributed by atoms with Gasteiger partial charge < -0.3 is 9.82 Å². The lowest BCUT2D eigenvalue weighted by molar-refractivity contribution is -0.200. The molecule has 2 rings (SSSR count). The van der Waals surface area contributed by atoms with Crippen molar-refractivity contribution in [2.45, 2.75) is 19.0 Å². The van der Waals surface area contributed by atoms with Gasteiger partial charge in [-0.25, -0.2) is 9.59 Å². The molecule has 1 aromatic heterocycles. The number of halogens is 3. The first-order chi connectivity index (χ1) is 7.89. The van der Waals surface area contributed by atoms with Crippen molar-refractivity contribution >= 4 is 12.0 Å². The van der Waals surface area contributed by atoms with Gasteiger partial charge in [0.25, 0.3) is 0 Å². The van der Waals surface area contributed by atoms with E-state index in [1.54, 1.807) is 6.08 Å². The Morgan fingerprint density at radius 3 is 2.82 bits per heavy atom. The first-order valence-electron chi connectivity index (χ1n) is 4.69. The summed E-state index contributed by atoms with van der Waals surface area (Å²) in [6.07, 6.45) is -0.881. The zero-order valence-corrected chi connectivity index (χ0v) is 8.37. The third kappa shape index (κ3) is 2.10. The monoisotopic (exact) mass is 248 g/mol. The summed E-state index contributed by atoms with van der Waals surface area (Å²) in [6, 6.07) is 0. The van der Waals surface area contributed by atoms with E-state index >= 15 is 0 Å². The van der Waals surface area contributed by atoms with Gasteiger partial charge in [0.05, 0.1) is 0 Å². The number of carbonyl (C=O) groups excluding carboxylic acids is 1. The fourth-order valence-electron chi connectivity index (χ4n) is 1.48. The highest BCUT2D eigenvalue weighted by Gasteiger charge is 2.42. The van der Waals surface area contributed by atoms with E-state index in [1.807, 2.05) is 0 Å². The fourth-order valence-corrected chi connectivity index (χ4v) is 1.48. The normalized spacial score (nSPS) is 14.5. The van der Waals surface area contributed by atoms with Crippen molar-refractivity contribution in [3.8, 4) is 0 Å². The summed E-state index contributed by atoms with van der Waals surface area (Å²) in [5, 5.41) is 0. The number of allylic oxidation sites excluding steroid dienone is 1. The van der Waals surface area contributed by atoms with Gasteiger partial charge in [0.15, 0.2) is 0 Å². The molecule has 0 aliphatic heterocycles. The minimum Gasteiger partial charge on any atom is -0.323 e. The quantitative estimate of drug-likeness (QED) is 0.793. The Balaban J connectivity index is 2.35. The predicted molar refractivity (Wildman–Crippen MR) is 50.0 cm³/mol. The van der Waals surface area contributed by atoms with Crippen molar-refractivity contribution in [2.75, 3.05) is 0 Å². The molecule has 0 fully saturated rings. The number of aromatic amines is 1. The first kappa shape index (κ1) is 11.5. The Hall–Kier alpha value is -1.99. The van der Waals surface area contributed by atoms with Crippen LogP contribution in [0.3, 0.4) is 0 Å². The number of rotatable bonds is 1. The molecule has 0 saturated carbocycles. The van der Waals surface area contributed by atoms with Crippen LogP contribution >= 0.6 is 0 Å². The molecule has 0 atom stereocenters. The van der Waals surface area contributed by atoms with Crippen LogP contribution in [0.1, 0.15) is 17.8 Å². The van der Waals surface area contributed by atoms with Crippen molar-refractivity contribution < 1.29 is 22.8 Å². The number of nitrogens with one attached hydrogen (secondary N) is 1. The van der Waals surface area contributed by atoms with Crippen LogP contribution in [0, 0.1) is 0 Å². The molecule has 5 nitrogen and oxygen atoms in total. The maximum absolute atomic E-state index is 12.0. The molecule has 0 bridgehead atoms. The molecule has 0 radical (unpaired) electrons. The van der Waals surface area contributed by atoms with Gasteiger partial charge in [-0.05, 0) is 18.9 Å². The zero-order valence-electron chi connectivity index (χ0n) is 8.37. The predicted octanol–water partition coefficient (Wildman–Crippen LogP) is 0.653. The van der Waals surface area contributed by atoms with Crippen molar-refractivity contribution in [3.05, 3.63) is 27.9 Å². The van der Waals surface area contributed by atoms with Crippen molar-refractivity contribution in [3.63, 3.8) is 0 Å². The van der Waals surface area contributed by atoms with Gasteiger partial charge in [-0.2, -0.15) is 13.2 Å². The molecular formula is C9H7F3N2O3. The molecule has 8 heteroatoms. The number of H-pyrrole nitrogens is 1. The Morgan fingerprint density at radius 1 is 1.47 bits per heavy atom. The lowest BCUT2D eigenvalue weighted by Crippen LogP contribution is -2.38. The molecular weight excluding hydrogens is 241 g/mol. The molecule has 1 aliphatic rings. The third-order valence-corrected chi connectivity index (χ3v) is 2.21. The number of fused-ring (bicyclic) bond motifs is 1. The van der Waals surface area contributed by atoms with Crippen LogP contribution in [0.2, 0.25) is 0 Å². The van der Waals surface area contributed by atoms with Crippen molar-refractivity contribution in [2.24, 2.45) is 0 Å². The summed E-state index contributed by atoms with van der Waals surface area (Å²) in [5.41, 5.74) is -0.314. The Morgan fingerprint density at radius 2 is 2.18 bits per heavy atom. The summed E-state index contributed by atoms with van der Waals surface area (Å²) in [7, 11) is 0. The van der Waals surface area contributed by atoms with Gasteiger partial charge in [0.2, 0.25) is 0 Å². The number of imidazole rings is 1. The maximum atomic E-state index is 12.0. The lowest BCUT2D eigenvalue weighted by Gasteiger charge is -2.09. The van der Waals surface area contributed by atoms with E-state index in [4.69, 9.17) is 0 Å². The van der Waals surface area contributed by atoms with Crippen LogP contribution in [-0.2, 0) is 11.2 Å². The summed E-state index contributed by atoms with van der Waals surface area (Å²) < 4.78 is 36.3. The molecule has 1 aliphatic carbocycles. The van der Waals surface area contributed by atoms with Gasteiger partial charge in [0, 0.05) is 5.69 Å². The summed E-state index contributed by atoms with van der Waals surface area (Å²) in [6.45, 7) is 0. The third-order valence-electron chi connectivity index (χ3n) is 2.21. The minimum absolute atomic E-state index is 0.138. The van der Waals surface area contributed by atoms with Gasteiger partial charge in [-0.1, -0.05) is 6.08 Å². The number of hydrogen-bond acceptors (Lipinski definition) is 3. The summed E-state index contributed by atoms with van der Waals surface area (Å²) in [4.78, 5) is 28.3. The van der Waals surface area contributed by atoms with E-state index in [2.05, 4.69) is 9.82 Å². The molecule has 0 amide bonds. The first-order valence-corrected chi connectivity index (χ1v) is 4.69. The van der Waals surface area contributed by atoms with Crippen LogP contribution in [-0.4, -0.2) is 21.9 Å². The number of aryl methyl sites for hydroxylation is 1. The van der Waals surface area contributed by atoms with Crippen molar-refractivity contribution in [1.82, 2.24) is 9.71 Å². The number of carbonyl (C=O) groups is 1. The van der Waals surface area contributed by atoms with E-state index in [1.165, 1.54) is 6.08 Å². The minimum atomic E-state index is -5.14. The number of alkyl halides is 3. The Labute approximate surface area is 92.5 Å². The Kier molecular flexibility index (Phi) is 2.56. The second-order valence-corrected chi connectivity index (χ2v) is 3.41. The SMILES string of the molecule is O=C(On1c2c([nH]c1=O)CCC=C2)C(F)(F)F. The molecule has 0 spiro atoms. The molecule has 1 aromatic rings. The second-order valence-electron chi connectivity index (χ2n) is 3.41. The van der Waals surface area contributed by atoms with Gasteiger partial charge >= 0.3 is 17.8 Å². The smallest absolute Gasteiger partial charge is 0.323 e. The van der Waals surface area contributed by atoms with E-state index in [0.29, 0.717) is 23.3 Å². The highest BCUT2D eigenvalue weighted by atomic mass is 19.4. The molecule has 0 aromatic carbocycles. The van der Waals surface area contributed by atoms with Gasteiger partial charge in [-0.3, -0.25) is 0 Å². The number of hydrogen-bond donors (Lipinski definition) is 1. The van der Waals surface area contributed by atoms with Gasteiger partial charge in [-0.15, -0.1) is 4.73 Å². The van der Waals surface area contributed by atoms with Crippen LogP contribution in [0.15, 0.2) is 10.9 Å². The second kappa shape index (κ2) is 3.79. The van der Waals surface area contributed by atoms with E-state index in [9.17, 15) is 22.8 Å². The average Bonchev–Trinajstić information content (AvgIpc) is 2.54. The lowest BCUT2D eigenvalue weighted by atomic mass is 10.1. The summed E-state index contributed by atoms with van der Waals surface area (Å²) >= 11 is 0. The summed E-state index contributed by atoms with van der Waals surface area (Å²) in [5.74, 6) is -2.43. The van der Waals surface area contributed by atoms with Gasteiger partial charge in [0.1, 0.15) is 5.69 Å². The fraction of sp³-hybridized carbons (Fsp3) is 0.333. The molecule has 1 heterocycles. The molecule has 17 heavy (non-hydrogen) atoms. The van der Waals surface area contributed by atoms with Crippen LogP contribution < -0.4 is 10.5 Å². The zero-order chi connectivity index (χ0) is 12.6. The molecule has 1 N–H and O–H groups in total. The standard InChI is InChI=1S/C9H7F3N2O3/c10-9(11,12)7(15)17-14-6-4-2-1-3-5(6)13-8(14)16/h2,4H,1,3H2,(H,13,16). The molecule has 92 valence electrons.